The Bertz CT molecular complexity index is 782. The van der Waals surface area contributed by atoms with Gasteiger partial charge in [-0.05, 0) is 36.5 Å². The van der Waals surface area contributed by atoms with E-state index >= 15 is 0 Å². The van der Waals surface area contributed by atoms with Crippen LogP contribution in [0.1, 0.15) is 20.3 Å². The smallest absolute Gasteiger partial charge is 0.236 e. The zero-order valence-corrected chi connectivity index (χ0v) is 12.5. The number of para-hydroxylation sites is 2. The Morgan fingerprint density at radius 3 is 2.57 bits per heavy atom. The van der Waals surface area contributed by atoms with E-state index in [0.717, 1.165) is 34.5 Å². The average Bonchev–Trinajstić information content (AvgIpc) is 2.99. The zero-order valence-electron chi connectivity index (χ0n) is 12.5. The van der Waals surface area contributed by atoms with Crippen molar-refractivity contribution in [2.75, 3.05) is 18.0 Å². The monoisotopic (exact) mass is 280 g/mol. The number of hydrogen-bond donors (Lipinski definition) is 0. The van der Waals surface area contributed by atoms with Crippen molar-refractivity contribution in [3.05, 3.63) is 36.5 Å². The first kappa shape index (κ1) is 12.6. The van der Waals surface area contributed by atoms with Crippen LogP contribution >= 0.6 is 0 Å². The summed E-state index contributed by atoms with van der Waals surface area (Å²) in [5.74, 6) is 3.74. The van der Waals surface area contributed by atoms with E-state index in [9.17, 15) is 0 Å². The first-order chi connectivity index (χ1) is 10.4. The lowest BCUT2D eigenvalue weighted by Gasteiger charge is -2.18. The lowest BCUT2D eigenvalue weighted by molar-refractivity contribution is 0.804. The number of anilines is 1. The van der Waals surface area contributed by atoms with Gasteiger partial charge in [0.05, 0.1) is 11.0 Å². The Morgan fingerprint density at radius 2 is 1.76 bits per heavy atom. The standard InChI is InChI=1S/C15H14N4.C2H6/c1-2-4-13-12(3-1)16-15-17-14(5-6-19(13)15)18-8-10-7-11(10)9-18;1-2/h1-6,10-11H,7-9H2;1-2H3. The van der Waals surface area contributed by atoms with Gasteiger partial charge in [-0.25, -0.2) is 4.98 Å². The molecule has 0 spiro atoms. The van der Waals surface area contributed by atoms with Crippen LogP contribution in [0.3, 0.4) is 0 Å². The second-order valence-electron chi connectivity index (χ2n) is 5.72. The minimum Gasteiger partial charge on any atom is -0.356 e. The minimum absolute atomic E-state index is 0.805. The molecule has 3 heterocycles. The molecule has 108 valence electrons. The highest BCUT2D eigenvalue weighted by atomic mass is 15.3. The normalized spacial score (nSPS) is 23.0. The maximum Gasteiger partial charge on any atom is 0.236 e. The van der Waals surface area contributed by atoms with Gasteiger partial charge >= 0.3 is 0 Å². The molecule has 2 aliphatic rings. The summed E-state index contributed by atoms with van der Waals surface area (Å²) in [5.41, 5.74) is 2.14. The van der Waals surface area contributed by atoms with E-state index in [-0.39, 0.29) is 0 Å². The van der Waals surface area contributed by atoms with Crippen LogP contribution in [0.5, 0.6) is 0 Å². The molecular weight excluding hydrogens is 260 g/mol. The fraction of sp³-hybridized carbons (Fsp3) is 0.412. The molecule has 3 aromatic rings. The Kier molecular flexibility index (Phi) is 2.84. The van der Waals surface area contributed by atoms with E-state index in [4.69, 9.17) is 4.98 Å². The Labute approximate surface area is 124 Å². The summed E-state index contributed by atoms with van der Waals surface area (Å²) >= 11 is 0. The van der Waals surface area contributed by atoms with Gasteiger partial charge in [-0.15, -0.1) is 0 Å². The van der Waals surface area contributed by atoms with Crippen LogP contribution in [0.2, 0.25) is 0 Å². The van der Waals surface area contributed by atoms with Crippen molar-refractivity contribution < 1.29 is 0 Å². The van der Waals surface area contributed by atoms with Crippen molar-refractivity contribution in [2.45, 2.75) is 20.3 Å². The maximum atomic E-state index is 4.73. The van der Waals surface area contributed by atoms with E-state index in [1.165, 1.54) is 19.5 Å². The Balaban J connectivity index is 0.000000555. The van der Waals surface area contributed by atoms with Gasteiger partial charge < -0.3 is 4.90 Å². The molecule has 1 aliphatic carbocycles. The molecule has 1 aliphatic heterocycles. The SMILES string of the molecule is CC.c1ccc2c(c1)nc1nc(N3CC4CC4C3)ccn12. The predicted molar refractivity (Wildman–Crippen MR) is 85.7 cm³/mol. The van der Waals surface area contributed by atoms with Gasteiger partial charge in [-0.2, -0.15) is 4.98 Å². The van der Waals surface area contributed by atoms with Crippen LogP contribution in [-0.2, 0) is 0 Å². The van der Waals surface area contributed by atoms with Crippen molar-refractivity contribution in [1.82, 2.24) is 14.4 Å². The van der Waals surface area contributed by atoms with Crippen LogP contribution in [0, 0.1) is 11.8 Å². The number of nitrogens with zero attached hydrogens (tertiary/aromatic N) is 4. The van der Waals surface area contributed by atoms with Crippen molar-refractivity contribution >= 4 is 22.6 Å². The summed E-state index contributed by atoms with van der Waals surface area (Å²) in [6, 6.07) is 10.3. The number of hydrogen-bond acceptors (Lipinski definition) is 3. The molecule has 0 N–H and O–H groups in total. The topological polar surface area (TPSA) is 33.4 Å². The average molecular weight is 280 g/mol. The third kappa shape index (κ3) is 1.97. The van der Waals surface area contributed by atoms with Gasteiger partial charge in [0, 0.05) is 19.3 Å². The van der Waals surface area contributed by atoms with Crippen molar-refractivity contribution in [3.8, 4) is 0 Å². The minimum atomic E-state index is 0.805. The van der Waals surface area contributed by atoms with Crippen LogP contribution in [0.4, 0.5) is 5.82 Å². The zero-order chi connectivity index (χ0) is 14.4. The lowest BCUT2D eigenvalue weighted by atomic mass is 10.3. The largest absolute Gasteiger partial charge is 0.356 e. The van der Waals surface area contributed by atoms with Crippen LogP contribution < -0.4 is 4.90 Å². The molecular formula is C17H20N4. The number of aromatic nitrogens is 3. The highest BCUT2D eigenvalue weighted by Crippen LogP contribution is 2.45. The molecule has 1 saturated carbocycles. The van der Waals surface area contributed by atoms with Gasteiger partial charge in [-0.3, -0.25) is 4.40 Å². The fourth-order valence-corrected chi connectivity index (χ4v) is 3.30. The number of fused-ring (bicyclic) bond motifs is 4. The molecule has 4 nitrogen and oxygen atoms in total. The summed E-state index contributed by atoms with van der Waals surface area (Å²) in [4.78, 5) is 11.7. The first-order valence-electron chi connectivity index (χ1n) is 7.87. The molecule has 0 radical (unpaired) electrons. The molecule has 4 heteroatoms. The summed E-state index contributed by atoms with van der Waals surface area (Å²) in [6.07, 6.45) is 3.52. The molecule has 2 aromatic heterocycles. The van der Waals surface area contributed by atoms with Crippen molar-refractivity contribution in [3.63, 3.8) is 0 Å². The first-order valence-corrected chi connectivity index (χ1v) is 7.87. The molecule has 0 amide bonds. The summed E-state index contributed by atoms with van der Waals surface area (Å²) in [7, 11) is 0. The van der Waals surface area contributed by atoms with Crippen molar-refractivity contribution in [1.29, 1.82) is 0 Å². The van der Waals surface area contributed by atoms with Gasteiger partial charge in [0.2, 0.25) is 5.78 Å². The molecule has 1 saturated heterocycles. The number of piperidine rings is 1. The van der Waals surface area contributed by atoms with E-state index in [1.807, 2.05) is 32.0 Å². The van der Waals surface area contributed by atoms with Crippen LogP contribution in [0.15, 0.2) is 36.5 Å². The van der Waals surface area contributed by atoms with Gasteiger partial charge in [0.25, 0.3) is 0 Å². The Morgan fingerprint density at radius 1 is 1.00 bits per heavy atom. The highest BCUT2D eigenvalue weighted by molar-refractivity contribution is 5.79. The molecule has 2 unspecified atom stereocenters. The molecule has 21 heavy (non-hydrogen) atoms. The Hall–Kier alpha value is -2.10. The second-order valence-corrected chi connectivity index (χ2v) is 5.72. The molecule has 1 aromatic carbocycles. The molecule has 5 rings (SSSR count). The number of benzene rings is 1. The highest BCUT2D eigenvalue weighted by Gasteiger charge is 2.45. The van der Waals surface area contributed by atoms with Gasteiger partial charge in [0.1, 0.15) is 5.82 Å². The van der Waals surface area contributed by atoms with Crippen LogP contribution in [-0.4, -0.2) is 27.5 Å². The van der Waals surface area contributed by atoms with E-state index < -0.39 is 0 Å². The molecule has 0 bridgehead atoms. The van der Waals surface area contributed by atoms with Gasteiger partial charge in [0.15, 0.2) is 0 Å². The maximum absolute atomic E-state index is 4.73. The van der Waals surface area contributed by atoms with E-state index in [2.05, 4.69) is 32.6 Å². The summed E-state index contributed by atoms with van der Waals surface area (Å²) in [5, 5.41) is 0. The number of rotatable bonds is 1. The van der Waals surface area contributed by atoms with E-state index in [0.29, 0.717) is 0 Å². The van der Waals surface area contributed by atoms with Crippen LogP contribution in [0.25, 0.3) is 16.8 Å². The predicted octanol–water partition coefficient (Wildman–Crippen LogP) is 3.36. The second kappa shape index (κ2) is 4.72. The summed E-state index contributed by atoms with van der Waals surface area (Å²) < 4.78 is 2.07. The quantitative estimate of drug-likeness (QED) is 0.685. The lowest BCUT2D eigenvalue weighted by Crippen LogP contribution is -2.23. The number of imidazole rings is 1. The van der Waals surface area contributed by atoms with Gasteiger partial charge in [-0.1, -0.05) is 26.0 Å². The summed E-state index contributed by atoms with van der Waals surface area (Å²) in [6.45, 7) is 6.35. The van der Waals surface area contributed by atoms with Crippen molar-refractivity contribution in [2.24, 2.45) is 11.8 Å². The third-order valence-corrected chi connectivity index (χ3v) is 4.47. The fourth-order valence-electron chi connectivity index (χ4n) is 3.30. The van der Waals surface area contributed by atoms with E-state index in [1.54, 1.807) is 0 Å². The third-order valence-electron chi connectivity index (χ3n) is 4.47. The molecule has 2 atom stereocenters. The molecule has 2 fully saturated rings.